The molecule has 0 aliphatic carbocycles. The highest BCUT2D eigenvalue weighted by atomic mass is 35.5. The van der Waals surface area contributed by atoms with Crippen molar-refractivity contribution in [2.45, 2.75) is 19.9 Å². The Morgan fingerprint density at radius 2 is 2.00 bits per heavy atom. The molecular weight excluding hydrogens is 291 g/mol. The zero-order valence-corrected chi connectivity index (χ0v) is 13.0. The first-order valence-corrected chi connectivity index (χ1v) is 6.92. The van der Waals surface area contributed by atoms with E-state index in [1.165, 1.54) is 6.07 Å². The Morgan fingerprint density at radius 3 is 2.62 bits per heavy atom. The second-order valence-electron chi connectivity index (χ2n) is 4.94. The number of benzene rings is 2. The van der Waals surface area contributed by atoms with Crippen molar-refractivity contribution in [1.29, 1.82) is 0 Å². The molecule has 21 heavy (non-hydrogen) atoms. The standard InChI is InChI=1S/C16H18ClFN2O/c1-9-7-10(2)14(13(8-9)21-3)16(20-19)11-5-4-6-12(18)15(11)17/h4-8,16,20H,19H2,1-3H3. The lowest BCUT2D eigenvalue weighted by Crippen LogP contribution is -2.30. The van der Waals surface area contributed by atoms with E-state index in [0.29, 0.717) is 11.3 Å². The molecule has 0 amide bonds. The van der Waals surface area contributed by atoms with Crippen LogP contribution in [0, 0.1) is 19.7 Å². The molecule has 0 saturated heterocycles. The smallest absolute Gasteiger partial charge is 0.142 e. The van der Waals surface area contributed by atoms with Crippen molar-refractivity contribution >= 4 is 11.6 Å². The van der Waals surface area contributed by atoms with Crippen LogP contribution in [0.25, 0.3) is 0 Å². The van der Waals surface area contributed by atoms with Crippen LogP contribution in [0.15, 0.2) is 30.3 Å². The van der Waals surface area contributed by atoms with Gasteiger partial charge in [0.2, 0.25) is 0 Å². The Balaban J connectivity index is 2.64. The highest BCUT2D eigenvalue weighted by molar-refractivity contribution is 6.31. The van der Waals surface area contributed by atoms with Gasteiger partial charge in [-0.05, 0) is 42.7 Å². The van der Waals surface area contributed by atoms with Crippen LogP contribution in [0.1, 0.15) is 28.3 Å². The summed E-state index contributed by atoms with van der Waals surface area (Å²) < 4.78 is 19.2. The predicted molar refractivity (Wildman–Crippen MR) is 83.0 cm³/mol. The average molecular weight is 309 g/mol. The van der Waals surface area contributed by atoms with Crippen molar-refractivity contribution in [2.75, 3.05) is 7.11 Å². The predicted octanol–water partition coefficient (Wildman–Crippen LogP) is 3.66. The highest BCUT2D eigenvalue weighted by Crippen LogP contribution is 2.36. The van der Waals surface area contributed by atoms with Crippen LogP contribution >= 0.6 is 11.6 Å². The molecule has 0 bridgehead atoms. The minimum Gasteiger partial charge on any atom is -0.496 e. The van der Waals surface area contributed by atoms with Crippen LogP contribution in [-0.2, 0) is 0 Å². The number of rotatable bonds is 4. The van der Waals surface area contributed by atoms with Gasteiger partial charge in [-0.25, -0.2) is 9.82 Å². The first kappa shape index (κ1) is 15.8. The van der Waals surface area contributed by atoms with Crippen molar-refractivity contribution < 1.29 is 9.13 Å². The maximum atomic E-state index is 13.7. The van der Waals surface area contributed by atoms with E-state index < -0.39 is 11.9 Å². The lowest BCUT2D eigenvalue weighted by atomic mass is 9.93. The largest absolute Gasteiger partial charge is 0.496 e. The molecule has 2 aromatic rings. The van der Waals surface area contributed by atoms with E-state index in [4.69, 9.17) is 22.2 Å². The quantitative estimate of drug-likeness (QED) is 0.669. The van der Waals surface area contributed by atoms with Crippen LogP contribution < -0.4 is 16.0 Å². The maximum absolute atomic E-state index is 13.7. The summed E-state index contributed by atoms with van der Waals surface area (Å²) in [4.78, 5) is 0. The molecule has 112 valence electrons. The van der Waals surface area contributed by atoms with E-state index in [-0.39, 0.29) is 5.02 Å². The number of aryl methyl sites for hydroxylation is 2. The summed E-state index contributed by atoms with van der Waals surface area (Å²) in [5.41, 5.74) is 6.20. The van der Waals surface area contributed by atoms with Gasteiger partial charge in [0, 0.05) is 5.56 Å². The van der Waals surface area contributed by atoms with E-state index in [9.17, 15) is 4.39 Å². The van der Waals surface area contributed by atoms with Crippen LogP contribution in [0.2, 0.25) is 5.02 Å². The third-order valence-corrected chi connectivity index (χ3v) is 3.86. The van der Waals surface area contributed by atoms with Gasteiger partial charge in [0.25, 0.3) is 0 Å². The SMILES string of the molecule is COc1cc(C)cc(C)c1C(NN)c1cccc(F)c1Cl. The Morgan fingerprint density at radius 1 is 1.29 bits per heavy atom. The van der Waals surface area contributed by atoms with Crippen molar-refractivity contribution in [3.05, 3.63) is 63.4 Å². The number of hydrogen-bond acceptors (Lipinski definition) is 3. The van der Waals surface area contributed by atoms with E-state index >= 15 is 0 Å². The molecule has 3 nitrogen and oxygen atoms in total. The molecule has 1 unspecified atom stereocenters. The minimum absolute atomic E-state index is 0.0579. The summed E-state index contributed by atoms with van der Waals surface area (Å²) in [5, 5.41) is 0.0579. The fourth-order valence-electron chi connectivity index (χ4n) is 2.55. The lowest BCUT2D eigenvalue weighted by molar-refractivity contribution is 0.403. The first-order chi connectivity index (χ1) is 9.99. The van der Waals surface area contributed by atoms with Crippen molar-refractivity contribution in [2.24, 2.45) is 5.84 Å². The van der Waals surface area contributed by atoms with E-state index in [1.54, 1.807) is 19.2 Å². The fourth-order valence-corrected chi connectivity index (χ4v) is 2.79. The molecule has 0 saturated carbocycles. The van der Waals surface area contributed by atoms with Crippen LogP contribution in [0.5, 0.6) is 5.75 Å². The fraction of sp³-hybridized carbons (Fsp3) is 0.250. The normalized spacial score (nSPS) is 12.3. The van der Waals surface area contributed by atoms with Gasteiger partial charge in [0.15, 0.2) is 0 Å². The highest BCUT2D eigenvalue weighted by Gasteiger charge is 2.23. The molecule has 0 aliphatic heterocycles. The summed E-state index contributed by atoms with van der Waals surface area (Å²) in [6.45, 7) is 3.95. The summed E-state index contributed by atoms with van der Waals surface area (Å²) in [5.74, 6) is 5.92. The van der Waals surface area contributed by atoms with E-state index in [2.05, 4.69) is 5.43 Å². The molecule has 0 aromatic heterocycles. The van der Waals surface area contributed by atoms with Gasteiger partial charge in [-0.1, -0.05) is 29.8 Å². The first-order valence-electron chi connectivity index (χ1n) is 6.54. The van der Waals surface area contributed by atoms with Gasteiger partial charge in [0.1, 0.15) is 11.6 Å². The van der Waals surface area contributed by atoms with Gasteiger partial charge >= 0.3 is 0 Å². The average Bonchev–Trinajstić information content (AvgIpc) is 2.45. The molecular formula is C16H18ClFN2O. The molecule has 2 rings (SSSR count). The van der Waals surface area contributed by atoms with Gasteiger partial charge < -0.3 is 4.74 Å². The number of nitrogens with one attached hydrogen (secondary N) is 1. The van der Waals surface area contributed by atoms with E-state index in [1.807, 2.05) is 26.0 Å². The molecule has 0 spiro atoms. The van der Waals surface area contributed by atoms with Crippen LogP contribution in [0.4, 0.5) is 4.39 Å². The lowest BCUT2D eigenvalue weighted by Gasteiger charge is -2.23. The monoisotopic (exact) mass is 308 g/mol. The van der Waals surface area contributed by atoms with Crippen molar-refractivity contribution in [3.8, 4) is 5.75 Å². The molecule has 1 atom stereocenters. The molecule has 0 fully saturated rings. The third-order valence-electron chi connectivity index (χ3n) is 3.46. The van der Waals surface area contributed by atoms with Crippen molar-refractivity contribution in [1.82, 2.24) is 5.43 Å². The second-order valence-corrected chi connectivity index (χ2v) is 5.32. The molecule has 5 heteroatoms. The molecule has 0 heterocycles. The van der Waals surface area contributed by atoms with E-state index in [0.717, 1.165) is 16.7 Å². The van der Waals surface area contributed by atoms with Gasteiger partial charge in [-0.3, -0.25) is 5.84 Å². The number of hydrogen-bond donors (Lipinski definition) is 2. The zero-order chi connectivity index (χ0) is 15.6. The summed E-state index contributed by atoms with van der Waals surface area (Å²) in [7, 11) is 1.60. The number of nitrogens with two attached hydrogens (primary N) is 1. The van der Waals surface area contributed by atoms with Crippen LogP contribution in [0.3, 0.4) is 0 Å². The summed E-state index contributed by atoms with van der Waals surface area (Å²) in [6, 6.07) is 8.16. The Bertz CT molecular complexity index is 661. The Hall–Kier alpha value is -1.62. The number of hydrazine groups is 1. The molecule has 0 radical (unpaired) electrons. The minimum atomic E-state index is -0.474. The second kappa shape index (κ2) is 6.43. The van der Waals surface area contributed by atoms with Gasteiger partial charge in [0.05, 0.1) is 18.2 Å². The summed E-state index contributed by atoms with van der Waals surface area (Å²) in [6.07, 6.45) is 0. The van der Waals surface area contributed by atoms with Crippen LogP contribution in [-0.4, -0.2) is 7.11 Å². The Kier molecular flexibility index (Phi) is 4.83. The zero-order valence-electron chi connectivity index (χ0n) is 12.2. The third kappa shape index (κ3) is 3.02. The Labute approximate surface area is 128 Å². The summed E-state index contributed by atoms with van der Waals surface area (Å²) >= 11 is 6.08. The topological polar surface area (TPSA) is 47.3 Å². The molecule has 3 N–H and O–H groups in total. The van der Waals surface area contributed by atoms with Gasteiger partial charge in [-0.15, -0.1) is 0 Å². The maximum Gasteiger partial charge on any atom is 0.142 e. The van der Waals surface area contributed by atoms with Crippen molar-refractivity contribution in [3.63, 3.8) is 0 Å². The number of halogens is 2. The van der Waals surface area contributed by atoms with Gasteiger partial charge in [-0.2, -0.15) is 0 Å². The number of methoxy groups -OCH3 is 1. The molecule has 2 aromatic carbocycles. The number of ether oxygens (including phenoxy) is 1. The molecule has 0 aliphatic rings.